The van der Waals surface area contributed by atoms with Crippen LogP contribution in [-0.2, 0) is 9.53 Å². The summed E-state index contributed by atoms with van der Waals surface area (Å²) < 4.78 is 5.17. The van der Waals surface area contributed by atoms with Gasteiger partial charge in [-0.25, -0.2) is 0 Å². The molecule has 1 fully saturated rings. The number of hydrogen-bond donors (Lipinski definition) is 1. The van der Waals surface area contributed by atoms with Gasteiger partial charge in [0, 0.05) is 50.4 Å². The van der Waals surface area contributed by atoms with Crippen molar-refractivity contribution < 1.29 is 14.3 Å². The Morgan fingerprint density at radius 2 is 1.79 bits per heavy atom. The molecule has 24 heavy (non-hydrogen) atoms. The molecular formula is C17H24ClN3O3. The molecule has 1 heterocycles. The second kappa shape index (κ2) is 9.01. The zero-order valence-corrected chi connectivity index (χ0v) is 14.7. The summed E-state index contributed by atoms with van der Waals surface area (Å²) in [6, 6.07) is 6.87. The van der Waals surface area contributed by atoms with Crippen LogP contribution in [-0.4, -0.2) is 67.6 Å². The summed E-state index contributed by atoms with van der Waals surface area (Å²) in [7, 11) is 1.56. The zero-order valence-electron chi connectivity index (χ0n) is 13.9. The number of carbonyl (C=O) groups excluding carboxylic acids is 2. The molecule has 0 aromatic heterocycles. The summed E-state index contributed by atoms with van der Waals surface area (Å²) in [4.78, 5) is 28.5. The first-order valence-corrected chi connectivity index (χ1v) is 8.48. The zero-order chi connectivity index (χ0) is 17.5. The number of amides is 2. The molecule has 1 aromatic rings. The molecule has 0 radical (unpaired) electrons. The first kappa shape index (κ1) is 18.7. The molecule has 0 bridgehead atoms. The molecule has 1 aliphatic rings. The van der Waals surface area contributed by atoms with Gasteiger partial charge in [-0.2, -0.15) is 0 Å². The minimum absolute atomic E-state index is 0.0214. The van der Waals surface area contributed by atoms with Crippen LogP contribution in [0, 0.1) is 0 Å². The van der Waals surface area contributed by atoms with Gasteiger partial charge in [-0.15, -0.1) is 0 Å². The smallest absolute Gasteiger partial charge is 0.253 e. The van der Waals surface area contributed by atoms with Gasteiger partial charge in [0.05, 0.1) is 12.5 Å². The lowest BCUT2D eigenvalue weighted by Crippen LogP contribution is -2.39. The first-order valence-electron chi connectivity index (χ1n) is 8.10. The van der Waals surface area contributed by atoms with E-state index < -0.39 is 0 Å². The van der Waals surface area contributed by atoms with Crippen LogP contribution in [0.2, 0.25) is 5.02 Å². The fourth-order valence-corrected chi connectivity index (χ4v) is 2.86. The van der Waals surface area contributed by atoms with E-state index in [0.717, 1.165) is 6.42 Å². The van der Waals surface area contributed by atoms with Crippen LogP contribution in [0.5, 0.6) is 0 Å². The number of halogens is 1. The number of hydrogen-bond acceptors (Lipinski definition) is 4. The largest absolute Gasteiger partial charge is 0.380 e. The van der Waals surface area contributed by atoms with E-state index in [2.05, 4.69) is 0 Å². The Kier molecular flexibility index (Phi) is 7.02. The molecule has 1 saturated heterocycles. The Bertz CT molecular complexity index is 561. The van der Waals surface area contributed by atoms with Gasteiger partial charge in [-0.3, -0.25) is 9.59 Å². The molecule has 6 nitrogen and oxygen atoms in total. The van der Waals surface area contributed by atoms with Gasteiger partial charge in [0.25, 0.3) is 5.91 Å². The molecular weight excluding hydrogens is 330 g/mol. The molecule has 0 saturated carbocycles. The number of carbonyl (C=O) groups is 2. The van der Waals surface area contributed by atoms with Gasteiger partial charge in [-0.1, -0.05) is 11.6 Å². The van der Waals surface area contributed by atoms with E-state index in [1.807, 2.05) is 0 Å². The summed E-state index contributed by atoms with van der Waals surface area (Å²) in [6.45, 7) is 2.64. The summed E-state index contributed by atoms with van der Waals surface area (Å²) in [6.07, 6.45) is 0.774. The quantitative estimate of drug-likeness (QED) is 0.867. The average Bonchev–Trinajstić information content (AvgIpc) is 2.85. The summed E-state index contributed by atoms with van der Waals surface area (Å²) in [5.74, 6) is -0.00853. The molecule has 1 unspecified atom stereocenters. The highest BCUT2D eigenvalue weighted by Gasteiger charge is 2.24. The molecule has 2 rings (SSSR count). The van der Waals surface area contributed by atoms with Crippen LogP contribution < -0.4 is 5.73 Å². The molecule has 2 N–H and O–H groups in total. The summed E-state index contributed by atoms with van der Waals surface area (Å²) in [5.41, 5.74) is 6.18. The monoisotopic (exact) mass is 353 g/mol. The van der Waals surface area contributed by atoms with Gasteiger partial charge < -0.3 is 20.3 Å². The van der Waals surface area contributed by atoms with Crippen molar-refractivity contribution in [2.24, 2.45) is 5.73 Å². The normalized spacial score (nSPS) is 16.6. The maximum atomic E-state index is 12.6. The second-order valence-corrected chi connectivity index (χ2v) is 6.27. The number of ether oxygens (including phenoxy) is 1. The maximum absolute atomic E-state index is 12.6. The fraction of sp³-hybridized carbons (Fsp3) is 0.529. The molecule has 132 valence electrons. The van der Waals surface area contributed by atoms with Crippen LogP contribution in [0.4, 0.5) is 0 Å². The van der Waals surface area contributed by atoms with E-state index in [4.69, 9.17) is 22.1 Å². The molecule has 0 aliphatic carbocycles. The van der Waals surface area contributed by atoms with Crippen LogP contribution >= 0.6 is 11.6 Å². The summed E-state index contributed by atoms with van der Waals surface area (Å²) >= 11 is 5.86. The molecule has 0 spiro atoms. The van der Waals surface area contributed by atoms with E-state index in [1.54, 1.807) is 41.2 Å². The SMILES string of the molecule is COC(CN)CC(=O)N1CCCN(C(=O)c2ccc(Cl)cc2)CC1. The third-order valence-electron chi connectivity index (χ3n) is 4.23. The van der Waals surface area contributed by atoms with Crippen molar-refractivity contribution in [2.75, 3.05) is 39.8 Å². The van der Waals surface area contributed by atoms with Gasteiger partial charge in [-0.05, 0) is 30.7 Å². The number of nitrogens with zero attached hydrogens (tertiary/aromatic N) is 2. The van der Waals surface area contributed by atoms with Crippen molar-refractivity contribution >= 4 is 23.4 Å². The van der Waals surface area contributed by atoms with E-state index in [9.17, 15) is 9.59 Å². The van der Waals surface area contributed by atoms with Crippen molar-refractivity contribution in [2.45, 2.75) is 18.9 Å². The minimum atomic E-state index is -0.257. The Morgan fingerprint density at radius 3 is 2.42 bits per heavy atom. The van der Waals surface area contributed by atoms with Gasteiger partial charge >= 0.3 is 0 Å². The third kappa shape index (κ3) is 4.93. The molecule has 1 aromatic carbocycles. The lowest BCUT2D eigenvalue weighted by atomic mass is 10.2. The summed E-state index contributed by atoms with van der Waals surface area (Å²) in [5, 5.41) is 0.604. The highest BCUT2D eigenvalue weighted by Crippen LogP contribution is 2.14. The van der Waals surface area contributed by atoms with Crippen molar-refractivity contribution in [1.82, 2.24) is 9.80 Å². The van der Waals surface area contributed by atoms with Crippen LogP contribution in [0.15, 0.2) is 24.3 Å². The first-order chi connectivity index (χ1) is 11.5. The molecule has 7 heteroatoms. The Hall–Kier alpha value is -1.63. The van der Waals surface area contributed by atoms with Crippen molar-refractivity contribution in [3.63, 3.8) is 0 Å². The lowest BCUT2D eigenvalue weighted by Gasteiger charge is -2.23. The standard InChI is InChI=1S/C17H24ClN3O3/c1-24-15(12-19)11-16(22)20-7-2-8-21(10-9-20)17(23)13-3-5-14(18)6-4-13/h3-6,15H,2,7-12,19H2,1H3. The van der Waals surface area contributed by atoms with Crippen LogP contribution in [0.1, 0.15) is 23.2 Å². The maximum Gasteiger partial charge on any atom is 0.253 e. The Labute approximate surface area is 147 Å². The van der Waals surface area contributed by atoms with Gasteiger partial charge in [0.1, 0.15) is 0 Å². The van der Waals surface area contributed by atoms with E-state index in [1.165, 1.54) is 0 Å². The van der Waals surface area contributed by atoms with Crippen molar-refractivity contribution in [3.05, 3.63) is 34.9 Å². The van der Waals surface area contributed by atoms with Crippen molar-refractivity contribution in [1.29, 1.82) is 0 Å². The van der Waals surface area contributed by atoms with Crippen LogP contribution in [0.3, 0.4) is 0 Å². The number of nitrogens with two attached hydrogens (primary N) is 1. The van der Waals surface area contributed by atoms with E-state index in [-0.39, 0.29) is 24.3 Å². The number of benzene rings is 1. The van der Waals surface area contributed by atoms with E-state index >= 15 is 0 Å². The average molecular weight is 354 g/mol. The predicted octanol–water partition coefficient (Wildman–Crippen LogP) is 1.38. The predicted molar refractivity (Wildman–Crippen MR) is 93.0 cm³/mol. The van der Waals surface area contributed by atoms with Gasteiger partial charge in [0.2, 0.25) is 5.91 Å². The lowest BCUT2D eigenvalue weighted by molar-refractivity contribution is -0.133. The number of methoxy groups -OCH3 is 1. The Balaban J connectivity index is 1.93. The van der Waals surface area contributed by atoms with E-state index in [0.29, 0.717) is 43.3 Å². The minimum Gasteiger partial charge on any atom is -0.380 e. The highest BCUT2D eigenvalue weighted by molar-refractivity contribution is 6.30. The third-order valence-corrected chi connectivity index (χ3v) is 4.48. The topological polar surface area (TPSA) is 75.9 Å². The molecule has 1 aliphatic heterocycles. The molecule has 2 amide bonds. The Morgan fingerprint density at radius 1 is 1.17 bits per heavy atom. The van der Waals surface area contributed by atoms with Crippen LogP contribution in [0.25, 0.3) is 0 Å². The van der Waals surface area contributed by atoms with Crippen molar-refractivity contribution in [3.8, 4) is 0 Å². The second-order valence-electron chi connectivity index (χ2n) is 5.83. The highest BCUT2D eigenvalue weighted by atomic mass is 35.5. The fourth-order valence-electron chi connectivity index (χ4n) is 2.73. The number of rotatable bonds is 5. The van der Waals surface area contributed by atoms with Gasteiger partial charge in [0.15, 0.2) is 0 Å². The molecule has 1 atom stereocenters.